The number of nitrogens with one attached hydrogen (secondary N) is 2. The maximum Gasteiger partial charge on any atom is 0.404 e. The molecule has 8 heteroatoms. The first-order valence-electron chi connectivity index (χ1n) is 5.81. The van der Waals surface area contributed by atoms with Gasteiger partial charge in [-0.05, 0) is 57.0 Å². The summed E-state index contributed by atoms with van der Waals surface area (Å²) in [5.74, 6) is -1.04. The SMILES string of the molecule is O=C(Nc1c(Br)cccc1Br)C1(C(F)(F)F)CCNC1. The molecule has 0 aromatic heterocycles. The number of alkyl halides is 3. The highest BCUT2D eigenvalue weighted by Gasteiger charge is 2.61. The van der Waals surface area contributed by atoms with Crippen LogP contribution in [0.4, 0.5) is 18.9 Å². The number of carbonyl (C=O) groups excluding carboxylic acids is 1. The topological polar surface area (TPSA) is 41.1 Å². The maximum atomic E-state index is 13.2. The van der Waals surface area contributed by atoms with Crippen LogP contribution in [0.2, 0.25) is 0 Å². The molecule has 20 heavy (non-hydrogen) atoms. The van der Waals surface area contributed by atoms with E-state index in [1.54, 1.807) is 18.2 Å². The minimum absolute atomic E-state index is 0.171. The van der Waals surface area contributed by atoms with Gasteiger partial charge >= 0.3 is 6.18 Å². The molecule has 0 bridgehead atoms. The summed E-state index contributed by atoms with van der Waals surface area (Å²) in [7, 11) is 0. The average Bonchev–Trinajstić information content (AvgIpc) is 2.83. The zero-order valence-electron chi connectivity index (χ0n) is 10.2. The summed E-state index contributed by atoms with van der Waals surface area (Å²) < 4.78 is 40.8. The van der Waals surface area contributed by atoms with Crippen LogP contribution in [0.5, 0.6) is 0 Å². The van der Waals surface area contributed by atoms with E-state index in [1.807, 2.05) is 0 Å². The fourth-order valence-electron chi connectivity index (χ4n) is 2.11. The molecule has 0 spiro atoms. The van der Waals surface area contributed by atoms with Crippen molar-refractivity contribution in [3.8, 4) is 0 Å². The first kappa shape index (κ1) is 15.8. The fourth-order valence-corrected chi connectivity index (χ4v) is 3.30. The Bertz CT molecular complexity index is 508. The lowest BCUT2D eigenvalue weighted by atomic mass is 9.85. The van der Waals surface area contributed by atoms with Crippen molar-refractivity contribution in [2.75, 3.05) is 18.4 Å². The molecule has 2 N–H and O–H groups in total. The molecule has 0 radical (unpaired) electrons. The molecule has 1 aliphatic rings. The van der Waals surface area contributed by atoms with Gasteiger partial charge in [0.15, 0.2) is 5.41 Å². The largest absolute Gasteiger partial charge is 0.404 e. The minimum atomic E-state index is -4.59. The summed E-state index contributed by atoms with van der Waals surface area (Å²) in [4.78, 5) is 12.2. The first-order chi connectivity index (χ1) is 9.28. The van der Waals surface area contributed by atoms with Crippen LogP contribution in [0, 0.1) is 5.41 Å². The highest BCUT2D eigenvalue weighted by atomic mass is 79.9. The van der Waals surface area contributed by atoms with Crippen LogP contribution in [-0.2, 0) is 4.79 Å². The third kappa shape index (κ3) is 2.73. The van der Waals surface area contributed by atoms with Gasteiger partial charge in [-0.15, -0.1) is 0 Å². The number of hydrogen-bond acceptors (Lipinski definition) is 2. The van der Waals surface area contributed by atoms with Crippen LogP contribution in [0.1, 0.15) is 6.42 Å². The first-order valence-corrected chi connectivity index (χ1v) is 7.39. The second kappa shape index (κ2) is 5.65. The Morgan fingerprint density at radius 3 is 2.35 bits per heavy atom. The Labute approximate surface area is 130 Å². The van der Waals surface area contributed by atoms with E-state index in [4.69, 9.17) is 0 Å². The summed E-state index contributed by atoms with van der Waals surface area (Å²) in [6.07, 6.45) is -4.85. The summed E-state index contributed by atoms with van der Waals surface area (Å²) in [5.41, 5.74) is -2.07. The number of para-hydroxylation sites is 1. The summed E-state index contributed by atoms with van der Waals surface area (Å²) in [6.45, 7) is -0.228. The number of halogens is 5. The van der Waals surface area contributed by atoms with Crippen molar-refractivity contribution in [3.63, 3.8) is 0 Å². The molecule has 0 saturated carbocycles. The van der Waals surface area contributed by atoms with Crippen molar-refractivity contribution in [1.82, 2.24) is 5.32 Å². The molecule has 1 aliphatic heterocycles. The van der Waals surface area contributed by atoms with E-state index in [1.165, 1.54) is 0 Å². The molecule has 1 heterocycles. The molecule has 3 nitrogen and oxygen atoms in total. The zero-order valence-corrected chi connectivity index (χ0v) is 13.3. The molecule has 1 aromatic rings. The number of hydrogen-bond donors (Lipinski definition) is 2. The van der Waals surface area contributed by atoms with E-state index in [-0.39, 0.29) is 13.0 Å². The van der Waals surface area contributed by atoms with E-state index >= 15 is 0 Å². The summed E-state index contributed by atoms with van der Waals surface area (Å²) in [5, 5.41) is 4.99. The number of amides is 1. The second-order valence-electron chi connectivity index (χ2n) is 4.56. The van der Waals surface area contributed by atoms with Gasteiger partial charge in [0.2, 0.25) is 5.91 Å². The van der Waals surface area contributed by atoms with Crippen LogP contribution < -0.4 is 10.6 Å². The van der Waals surface area contributed by atoms with Crippen molar-refractivity contribution >= 4 is 43.5 Å². The minimum Gasteiger partial charge on any atom is -0.323 e. The monoisotopic (exact) mass is 414 g/mol. The predicted octanol–water partition coefficient (Wildman–Crippen LogP) is 3.69. The van der Waals surface area contributed by atoms with Gasteiger partial charge in [-0.25, -0.2) is 0 Å². The number of rotatable bonds is 2. The molecule has 110 valence electrons. The van der Waals surface area contributed by atoms with Crippen molar-refractivity contribution in [2.24, 2.45) is 5.41 Å². The van der Waals surface area contributed by atoms with E-state index in [9.17, 15) is 18.0 Å². The number of anilines is 1. The van der Waals surface area contributed by atoms with E-state index < -0.39 is 24.0 Å². The van der Waals surface area contributed by atoms with Crippen LogP contribution in [-0.4, -0.2) is 25.2 Å². The Hall–Kier alpha value is -0.600. The van der Waals surface area contributed by atoms with Crippen LogP contribution >= 0.6 is 31.9 Å². The average molecular weight is 416 g/mol. The third-order valence-electron chi connectivity index (χ3n) is 3.33. The Morgan fingerprint density at radius 1 is 1.30 bits per heavy atom. The molecule has 2 rings (SSSR count). The van der Waals surface area contributed by atoms with Gasteiger partial charge in [0, 0.05) is 15.5 Å². The Morgan fingerprint density at radius 2 is 1.90 bits per heavy atom. The highest BCUT2D eigenvalue weighted by Crippen LogP contribution is 2.44. The van der Waals surface area contributed by atoms with Gasteiger partial charge in [-0.1, -0.05) is 6.07 Å². The lowest BCUT2D eigenvalue weighted by Crippen LogP contribution is -2.49. The van der Waals surface area contributed by atoms with E-state index in [0.717, 1.165) is 0 Å². The molecule has 0 aliphatic carbocycles. The molecule has 1 fully saturated rings. The van der Waals surface area contributed by atoms with Crippen LogP contribution in [0.25, 0.3) is 0 Å². The zero-order chi connectivity index (χ0) is 15.0. The van der Waals surface area contributed by atoms with Gasteiger partial charge in [0.25, 0.3) is 0 Å². The van der Waals surface area contributed by atoms with Gasteiger partial charge in [-0.3, -0.25) is 4.79 Å². The number of benzene rings is 1. The lowest BCUT2D eigenvalue weighted by molar-refractivity contribution is -0.213. The molecular formula is C12H11Br2F3N2O. The molecule has 1 unspecified atom stereocenters. The van der Waals surface area contributed by atoms with E-state index in [0.29, 0.717) is 14.6 Å². The van der Waals surface area contributed by atoms with E-state index in [2.05, 4.69) is 42.5 Å². The quantitative estimate of drug-likeness (QED) is 0.773. The van der Waals surface area contributed by atoms with Crippen molar-refractivity contribution < 1.29 is 18.0 Å². The van der Waals surface area contributed by atoms with Crippen molar-refractivity contribution in [3.05, 3.63) is 27.1 Å². The van der Waals surface area contributed by atoms with Crippen molar-refractivity contribution in [2.45, 2.75) is 12.6 Å². The standard InChI is InChI=1S/C12H11Br2F3N2O/c13-7-2-1-3-8(14)9(7)19-10(20)11(12(15,16)17)4-5-18-6-11/h1-3,18H,4-6H2,(H,19,20). The Balaban J connectivity index is 2.31. The summed E-state index contributed by atoms with van der Waals surface area (Å²) >= 11 is 6.42. The molecule has 1 aromatic carbocycles. The molecular weight excluding hydrogens is 405 g/mol. The molecule has 1 amide bonds. The smallest absolute Gasteiger partial charge is 0.323 e. The van der Waals surface area contributed by atoms with Gasteiger partial charge in [-0.2, -0.15) is 13.2 Å². The van der Waals surface area contributed by atoms with Gasteiger partial charge in [0.05, 0.1) is 5.69 Å². The maximum absolute atomic E-state index is 13.2. The van der Waals surface area contributed by atoms with Gasteiger partial charge < -0.3 is 10.6 Å². The van der Waals surface area contributed by atoms with Gasteiger partial charge in [0.1, 0.15) is 0 Å². The lowest BCUT2D eigenvalue weighted by Gasteiger charge is -2.29. The Kier molecular flexibility index (Phi) is 4.46. The third-order valence-corrected chi connectivity index (χ3v) is 4.66. The number of carbonyl (C=O) groups is 1. The predicted molar refractivity (Wildman–Crippen MR) is 76.4 cm³/mol. The molecule has 1 saturated heterocycles. The fraction of sp³-hybridized carbons (Fsp3) is 0.417. The highest BCUT2D eigenvalue weighted by molar-refractivity contribution is 9.11. The second-order valence-corrected chi connectivity index (χ2v) is 6.27. The van der Waals surface area contributed by atoms with Crippen LogP contribution in [0.15, 0.2) is 27.1 Å². The summed E-state index contributed by atoms with van der Waals surface area (Å²) in [6, 6.07) is 5.00. The van der Waals surface area contributed by atoms with Crippen LogP contribution in [0.3, 0.4) is 0 Å². The normalized spacial score (nSPS) is 22.9. The molecule has 1 atom stereocenters. The van der Waals surface area contributed by atoms with Crippen molar-refractivity contribution in [1.29, 1.82) is 0 Å².